The first-order valence-corrected chi connectivity index (χ1v) is 7.38. The maximum atomic E-state index is 11.1. The zero-order valence-corrected chi connectivity index (χ0v) is 11.1. The first-order valence-electron chi connectivity index (χ1n) is 5.84. The summed E-state index contributed by atoms with van der Waals surface area (Å²) in [5.74, 6) is 0.646. The second-order valence-electron chi connectivity index (χ2n) is 4.13. The number of primary sulfonamides is 1. The minimum absolute atomic E-state index is 0.144. The molecule has 0 atom stereocenters. The smallest absolute Gasteiger partial charge is 0.238 e. The summed E-state index contributed by atoms with van der Waals surface area (Å²) in [6.45, 7) is 5.24. The van der Waals surface area contributed by atoms with Gasteiger partial charge in [0.05, 0.1) is 4.90 Å². The Hall–Kier alpha value is -1.07. The fraction of sp³-hybridized carbons (Fsp3) is 0.500. The molecule has 0 saturated carbocycles. The third-order valence-electron chi connectivity index (χ3n) is 2.93. The van der Waals surface area contributed by atoms with Crippen LogP contribution < -0.4 is 10.5 Å². The fourth-order valence-corrected chi connectivity index (χ4v) is 2.12. The molecular formula is C12H20N2O2S. The molecule has 0 fully saturated rings. The monoisotopic (exact) mass is 256 g/mol. The van der Waals surface area contributed by atoms with E-state index in [-0.39, 0.29) is 4.90 Å². The number of nitrogens with one attached hydrogen (secondary N) is 1. The van der Waals surface area contributed by atoms with Gasteiger partial charge >= 0.3 is 0 Å². The molecule has 3 N–H and O–H groups in total. The van der Waals surface area contributed by atoms with Gasteiger partial charge in [0.25, 0.3) is 0 Å². The number of hydrogen-bond donors (Lipinski definition) is 2. The van der Waals surface area contributed by atoms with E-state index in [9.17, 15) is 8.42 Å². The minimum atomic E-state index is -3.59. The summed E-state index contributed by atoms with van der Waals surface area (Å²) in [5, 5.41) is 8.31. The van der Waals surface area contributed by atoms with Crippen molar-refractivity contribution in [3.63, 3.8) is 0 Å². The Morgan fingerprint density at radius 3 is 2.12 bits per heavy atom. The first kappa shape index (κ1) is 14.0. The van der Waals surface area contributed by atoms with Crippen LogP contribution in [0.15, 0.2) is 29.2 Å². The van der Waals surface area contributed by atoms with Crippen LogP contribution >= 0.6 is 0 Å². The highest BCUT2D eigenvalue weighted by Crippen LogP contribution is 2.14. The van der Waals surface area contributed by atoms with E-state index in [0.29, 0.717) is 5.92 Å². The Balaban J connectivity index is 2.63. The SMILES string of the molecule is CCC(CC)CNc1ccc(S(N)(=O)=O)cc1. The first-order chi connectivity index (χ1) is 7.97. The molecule has 0 bridgehead atoms. The van der Waals surface area contributed by atoms with Crippen molar-refractivity contribution < 1.29 is 8.42 Å². The topological polar surface area (TPSA) is 72.2 Å². The van der Waals surface area contributed by atoms with Crippen LogP contribution in [0, 0.1) is 5.92 Å². The zero-order chi connectivity index (χ0) is 12.9. The number of benzene rings is 1. The van der Waals surface area contributed by atoms with Crippen molar-refractivity contribution in [2.75, 3.05) is 11.9 Å². The molecule has 1 aromatic carbocycles. The normalized spacial score (nSPS) is 11.8. The molecule has 96 valence electrons. The minimum Gasteiger partial charge on any atom is -0.385 e. The average Bonchev–Trinajstić information content (AvgIpc) is 2.30. The molecule has 0 aliphatic rings. The molecule has 0 unspecified atom stereocenters. The van der Waals surface area contributed by atoms with E-state index in [1.807, 2.05) is 0 Å². The maximum absolute atomic E-state index is 11.1. The lowest BCUT2D eigenvalue weighted by Crippen LogP contribution is -2.14. The summed E-state index contributed by atoms with van der Waals surface area (Å²) in [6.07, 6.45) is 2.28. The summed E-state index contributed by atoms with van der Waals surface area (Å²) >= 11 is 0. The van der Waals surface area contributed by atoms with Gasteiger partial charge in [0.2, 0.25) is 10.0 Å². The Labute approximate surface area is 103 Å². The summed E-state index contributed by atoms with van der Waals surface area (Å²) in [7, 11) is -3.59. The molecular weight excluding hydrogens is 236 g/mol. The summed E-state index contributed by atoms with van der Waals surface area (Å²) in [6, 6.07) is 6.51. The highest BCUT2D eigenvalue weighted by molar-refractivity contribution is 7.89. The molecule has 1 aromatic rings. The van der Waals surface area contributed by atoms with E-state index in [2.05, 4.69) is 19.2 Å². The van der Waals surface area contributed by atoms with Crippen LogP contribution in [-0.4, -0.2) is 15.0 Å². The fourth-order valence-electron chi connectivity index (χ4n) is 1.60. The molecule has 0 aromatic heterocycles. The van der Waals surface area contributed by atoms with Crippen molar-refractivity contribution in [1.29, 1.82) is 0 Å². The third-order valence-corrected chi connectivity index (χ3v) is 3.86. The van der Waals surface area contributed by atoms with Gasteiger partial charge in [0.15, 0.2) is 0 Å². The van der Waals surface area contributed by atoms with Crippen LogP contribution in [0.2, 0.25) is 0 Å². The van der Waals surface area contributed by atoms with E-state index in [1.54, 1.807) is 12.1 Å². The Morgan fingerprint density at radius 2 is 1.71 bits per heavy atom. The van der Waals surface area contributed by atoms with E-state index in [1.165, 1.54) is 12.1 Å². The molecule has 0 saturated heterocycles. The molecule has 0 aliphatic heterocycles. The van der Waals surface area contributed by atoms with Gasteiger partial charge in [-0.05, 0) is 30.2 Å². The van der Waals surface area contributed by atoms with Crippen molar-refractivity contribution in [1.82, 2.24) is 0 Å². The van der Waals surface area contributed by atoms with Gasteiger partial charge in [-0.3, -0.25) is 0 Å². The molecule has 0 radical (unpaired) electrons. The lowest BCUT2D eigenvalue weighted by molar-refractivity contribution is 0.519. The van der Waals surface area contributed by atoms with Gasteiger partial charge in [-0.25, -0.2) is 13.6 Å². The Kier molecular flexibility index (Phi) is 4.96. The number of anilines is 1. The highest BCUT2D eigenvalue weighted by Gasteiger charge is 2.07. The van der Waals surface area contributed by atoms with Gasteiger partial charge in [-0.1, -0.05) is 26.7 Å². The summed E-state index contributed by atoms with van der Waals surface area (Å²) in [4.78, 5) is 0.144. The quantitative estimate of drug-likeness (QED) is 0.819. The predicted octanol–water partition coefficient (Wildman–Crippen LogP) is 2.18. The largest absolute Gasteiger partial charge is 0.385 e. The molecule has 0 amide bonds. The van der Waals surface area contributed by atoms with Crippen LogP contribution in [0.4, 0.5) is 5.69 Å². The Morgan fingerprint density at radius 1 is 1.18 bits per heavy atom. The van der Waals surface area contributed by atoms with Crippen LogP contribution in [0.3, 0.4) is 0 Å². The van der Waals surface area contributed by atoms with Crippen molar-refractivity contribution in [3.8, 4) is 0 Å². The van der Waals surface area contributed by atoms with Gasteiger partial charge in [-0.2, -0.15) is 0 Å². The second-order valence-corrected chi connectivity index (χ2v) is 5.69. The van der Waals surface area contributed by atoms with Crippen LogP contribution in [0.25, 0.3) is 0 Å². The number of hydrogen-bond acceptors (Lipinski definition) is 3. The Bertz CT molecular complexity index is 436. The van der Waals surface area contributed by atoms with Crippen molar-refractivity contribution in [2.24, 2.45) is 11.1 Å². The molecule has 17 heavy (non-hydrogen) atoms. The van der Waals surface area contributed by atoms with E-state index >= 15 is 0 Å². The van der Waals surface area contributed by atoms with Gasteiger partial charge in [0.1, 0.15) is 0 Å². The highest BCUT2D eigenvalue weighted by atomic mass is 32.2. The van der Waals surface area contributed by atoms with E-state index in [0.717, 1.165) is 25.1 Å². The van der Waals surface area contributed by atoms with Gasteiger partial charge in [-0.15, -0.1) is 0 Å². The summed E-state index contributed by atoms with van der Waals surface area (Å²) in [5.41, 5.74) is 0.921. The van der Waals surface area contributed by atoms with Crippen LogP contribution in [-0.2, 0) is 10.0 Å². The predicted molar refractivity (Wildman–Crippen MR) is 70.4 cm³/mol. The molecule has 4 nitrogen and oxygen atoms in total. The average molecular weight is 256 g/mol. The zero-order valence-electron chi connectivity index (χ0n) is 10.3. The van der Waals surface area contributed by atoms with Crippen LogP contribution in [0.5, 0.6) is 0 Å². The van der Waals surface area contributed by atoms with Crippen molar-refractivity contribution >= 4 is 15.7 Å². The van der Waals surface area contributed by atoms with Crippen LogP contribution in [0.1, 0.15) is 26.7 Å². The molecule has 5 heteroatoms. The lowest BCUT2D eigenvalue weighted by atomic mass is 10.0. The third kappa shape index (κ3) is 4.36. The van der Waals surface area contributed by atoms with E-state index in [4.69, 9.17) is 5.14 Å². The van der Waals surface area contributed by atoms with Gasteiger partial charge in [0, 0.05) is 12.2 Å². The molecule has 0 heterocycles. The number of nitrogens with two attached hydrogens (primary N) is 1. The second kappa shape index (κ2) is 6.02. The van der Waals surface area contributed by atoms with Gasteiger partial charge < -0.3 is 5.32 Å². The molecule has 1 rings (SSSR count). The summed E-state index contributed by atoms with van der Waals surface area (Å²) < 4.78 is 22.1. The lowest BCUT2D eigenvalue weighted by Gasteiger charge is -2.14. The van der Waals surface area contributed by atoms with Crippen molar-refractivity contribution in [2.45, 2.75) is 31.6 Å². The van der Waals surface area contributed by atoms with Crippen molar-refractivity contribution in [3.05, 3.63) is 24.3 Å². The number of sulfonamides is 1. The molecule has 0 spiro atoms. The molecule has 0 aliphatic carbocycles. The standard InChI is InChI=1S/C12H20N2O2S/c1-3-10(4-2)9-14-11-5-7-12(8-6-11)17(13,15)16/h5-8,10,14H,3-4,9H2,1-2H3,(H2,13,15,16). The van der Waals surface area contributed by atoms with E-state index < -0.39 is 10.0 Å². The number of rotatable bonds is 6. The maximum Gasteiger partial charge on any atom is 0.238 e.